The van der Waals surface area contributed by atoms with Crippen LogP contribution in [0.15, 0.2) is 46.9 Å². The summed E-state index contributed by atoms with van der Waals surface area (Å²) in [7, 11) is 1.61. The fourth-order valence-electron chi connectivity index (χ4n) is 3.12. The smallest absolute Gasteiger partial charge is 0.251 e. The Bertz CT molecular complexity index is 773. The van der Waals surface area contributed by atoms with E-state index in [1.54, 1.807) is 25.3 Å². The zero-order chi connectivity index (χ0) is 19.2. The molecule has 0 bridgehead atoms. The Morgan fingerprint density at radius 3 is 2.56 bits per heavy atom. The van der Waals surface area contributed by atoms with E-state index in [0.29, 0.717) is 11.3 Å². The zero-order valence-corrected chi connectivity index (χ0v) is 17.3. The van der Waals surface area contributed by atoms with E-state index in [4.69, 9.17) is 9.47 Å². The SMILES string of the molecule is COc1ccc(C(=O)NC(CN2CCOCC2)c2ccc(C)cc2)cc1Br. The highest BCUT2D eigenvalue weighted by Gasteiger charge is 2.21. The van der Waals surface area contributed by atoms with Crippen LogP contribution in [0.5, 0.6) is 5.75 Å². The minimum absolute atomic E-state index is 0.0860. The maximum atomic E-state index is 12.9. The van der Waals surface area contributed by atoms with Gasteiger partial charge >= 0.3 is 0 Å². The van der Waals surface area contributed by atoms with Gasteiger partial charge in [0.15, 0.2) is 0 Å². The summed E-state index contributed by atoms with van der Waals surface area (Å²) in [6, 6.07) is 13.6. The van der Waals surface area contributed by atoms with E-state index >= 15 is 0 Å². The van der Waals surface area contributed by atoms with Crippen LogP contribution >= 0.6 is 15.9 Å². The summed E-state index contributed by atoms with van der Waals surface area (Å²) in [6.07, 6.45) is 0. The normalized spacial score (nSPS) is 16.0. The van der Waals surface area contributed by atoms with Gasteiger partial charge in [0.2, 0.25) is 0 Å². The molecule has 6 heteroatoms. The van der Waals surface area contributed by atoms with Crippen molar-refractivity contribution in [1.82, 2.24) is 10.2 Å². The van der Waals surface area contributed by atoms with Gasteiger partial charge in [-0.05, 0) is 46.6 Å². The molecule has 1 aliphatic rings. The Labute approximate surface area is 168 Å². The van der Waals surface area contributed by atoms with Crippen molar-refractivity contribution in [1.29, 1.82) is 0 Å². The van der Waals surface area contributed by atoms with Crippen LogP contribution in [0, 0.1) is 6.92 Å². The highest BCUT2D eigenvalue weighted by atomic mass is 79.9. The zero-order valence-electron chi connectivity index (χ0n) is 15.7. The van der Waals surface area contributed by atoms with Crippen LogP contribution in [0.2, 0.25) is 0 Å². The van der Waals surface area contributed by atoms with Crippen LogP contribution in [-0.4, -0.2) is 50.8 Å². The minimum Gasteiger partial charge on any atom is -0.496 e. The Kier molecular flexibility index (Phi) is 6.88. The lowest BCUT2D eigenvalue weighted by atomic mass is 10.0. The minimum atomic E-state index is -0.0998. The van der Waals surface area contributed by atoms with Gasteiger partial charge in [0.1, 0.15) is 5.75 Å². The third-order valence-corrected chi connectivity index (χ3v) is 5.36. The number of nitrogens with one attached hydrogen (secondary N) is 1. The lowest BCUT2D eigenvalue weighted by Gasteiger charge is -2.31. The number of ether oxygens (including phenoxy) is 2. The standard InChI is InChI=1S/C21H25BrN2O3/c1-15-3-5-16(6-4-15)19(14-24-9-11-27-12-10-24)23-21(25)17-7-8-20(26-2)18(22)13-17/h3-8,13,19H,9-12,14H2,1-2H3,(H,23,25). The number of nitrogens with zero attached hydrogens (tertiary/aromatic N) is 1. The molecule has 27 heavy (non-hydrogen) atoms. The highest BCUT2D eigenvalue weighted by Crippen LogP contribution is 2.26. The van der Waals surface area contributed by atoms with Crippen LogP contribution in [0.1, 0.15) is 27.5 Å². The van der Waals surface area contributed by atoms with Crippen LogP contribution in [0.3, 0.4) is 0 Å². The van der Waals surface area contributed by atoms with Crippen molar-refractivity contribution < 1.29 is 14.3 Å². The second kappa shape index (κ2) is 9.35. The summed E-state index contributed by atoms with van der Waals surface area (Å²) in [6.45, 7) is 6.06. The van der Waals surface area contributed by atoms with E-state index in [0.717, 1.165) is 42.9 Å². The molecule has 1 amide bonds. The fraction of sp³-hybridized carbons (Fsp3) is 0.381. The second-order valence-corrected chi connectivity index (χ2v) is 7.55. The van der Waals surface area contributed by atoms with E-state index in [2.05, 4.69) is 57.3 Å². The molecule has 1 N–H and O–H groups in total. The van der Waals surface area contributed by atoms with Crippen LogP contribution in [0.25, 0.3) is 0 Å². The maximum absolute atomic E-state index is 12.9. The average molecular weight is 433 g/mol. The molecular weight excluding hydrogens is 408 g/mol. The number of aryl methyl sites for hydroxylation is 1. The van der Waals surface area contributed by atoms with E-state index in [1.165, 1.54) is 5.56 Å². The van der Waals surface area contributed by atoms with Gasteiger partial charge in [0, 0.05) is 25.2 Å². The van der Waals surface area contributed by atoms with Gasteiger partial charge in [-0.15, -0.1) is 0 Å². The number of morpholine rings is 1. The van der Waals surface area contributed by atoms with Crippen LogP contribution in [-0.2, 0) is 4.74 Å². The number of hydrogen-bond acceptors (Lipinski definition) is 4. The Morgan fingerprint density at radius 2 is 1.93 bits per heavy atom. The van der Waals surface area contributed by atoms with E-state index in [-0.39, 0.29) is 11.9 Å². The molecule has 1 atom stereocenters. The first-order valence-corrected chi connectivity index (χ1v) is 9.87. The third-order valence-electron chi connectivity index (χ3n) is 4.74. The van der Waals surface area contributed by atoms with Gasteiger partial charge in [-0.2, -0.15) is 0 Å². The monoisotopic (exact) mass is 432 g/mol. The van der Waals surface area contributed by atoms with E-state index < -0.39 is 0 Å². The number of hydrogen-bond donors (Lipinski definition) is 1. The summed E-state index contributed by atoms with van der Waals surface area (Å²) in [5, 5.41) is 3.20. The summed E-state index contributed by atoms with van der Waals surface area (Å²) in [5.74, 6) is 0.604. The molecular formula is C21H25BrN2O3. The van der Waals surface area contributed by atoms with Crippen molar-refractivity contribution in [2.24, 2.45) is 0 Å². The second-order valence-electron chi connectivity index (χ2n) is 6.70. The molecule has 2 aromatic carbocycles. The molecule has 5 nitrogen and oxygen atoms in total. The van der Waals surface area contributed by atoms with Crippen molar-refractivity contribution in [2.45, 2.75) is 13.0 Å². The fourth-order valence-corrected chi connectivity index (χ4v) is 3.66. The van der Waals surface area contributed by atoms with Gasteiger partial charge in [-0.1, -0.05) is 29.8 Å². The molecule has 0 spiro atoms. The number of amides is 1. The molecule has 1 unspecified atom stereocenters. The van der Waals surface area contributed by atoms with Gasteiger partial charge in [-0.3, -0.25) is 9.69 Å². The first-order chi connectivity index (χ1) is 13.1. The van der Waals surface area contributed by atoms with Crippen molar-refractivity contribution in [2.75, 3.05) is 40.0 Å². The summed E-state index contributed by atoms with van der Waals surface area (Å²) >= 11 is 3.45. The first kappa shape index (κ1) is 19.9. The van der Waals surface area contributed by atoms with Crippen molar-refractivity contribution in [3.05, 3.63) is 63.6 Å². The van der Waals surface area contributed by atoms with Crippen LogP contribution in [0.4, 0.5) is 0 Å². The molecule has 0 saturated carbocycles. The largest absolute Gasteiger partial charge is 0.496 e. The van der Waals surface area contributed by atoms with Crippen molar-refractivity contribution in [3.8, 4) is 5.75 Å². The number of carbonyl (C=O) groups excluding carboxylic acids is 1. The third kappa shape index (κ3) is 5.31. The molecule has 0 aromatic heterocycles. The average Bonchev–Trinajstić information content (AvgIpc) is 2.68. The lowest BCUT2D eigenvalue weighted by Crippen LogP contribution is -2.43. The number of carbonyl (C=O) groups is 1. The molecule has 0 aliphatic carbocycles. The Morgan fingerprint density at radius 1 is 1.22 bits per heavy atom. The maximum Gasteiger partial charge on any atom is 0.251 e. The predicted molar refractivity (Wildman–Crippen MR) is 109 cm³/mol. The molecule has 0 radical (unpaired) electrons. The van der Waals surface area contributed by atoms with Gasteiger partial charge in [0.05, 0.1) is 30.8 Å². The molecule has 1 heterocycles. The number of halogens is 1. The number of methoxy groups -OCH3 is 1. The van der Waals surface area contributed by atoms with Gasteiger partial charge < -0.3 is 14.8 Å². The topological polar surface area (TPSA) is 50.8 Å². The first-order valence-electron chi connectivity index (χ1n) is 9.08. The van der Waals surface area contributed by atoms with Gasteiger partial charge in [-0.25, -0.2) is 0 Å². The summed E-state index contributed by atoms with van der Waals surface area (Å²) in [4.78, 5) is 15.2. The molecule has 1 aliphatic heterocycles. The highest BCUT2D eigenvalue weighted by molar-refractivity contribution is 9.10. The quantitative estimate of drug-likeness (QED) is 0.757. The summed E-state index contributed by atoms with van der Waals surface area (Å²) in [5.41, 5.74) is 2.91. The molecule has 3 rings (SSSR count). The molecule has 1 saturated heterocycles. The molecule has 1 fully saturated rings. The van der Waals surface area contributed by atoms with Crippen molar-refractivity contribution >= 4 is 21.8 Å². The lowest BCUT2D eigenvalue weighted by molar-refractivity contribution is 0.0332. The van der Waals surface area contributed by atoms with E-state index in [1.807, 2.05) is 0 Å². The van der Waals surface area contributed by atoms with Gasteiger partial charge in [0.25, 0.3) is 5.91 Å². The predicted octanol–water partition coefficient (Wildman–Crippen LogP) is 3.57. The molecule has 2 aromatic rings. The van der Waals surface area contributed by atoms with E-state index in [9.17, 15) is 4.79 Å². The number of benzene rings is 2. The van der Waals surface area contributed by atoms with Crippen molar-refractivity contribution in [3.63, 3.8) is 0 Å². The molecule has 144 valence electrons. The summed E-state index contributed by atoms with van der Waals surface area (Å²) < 4.78 is 11.4. The van der Waals surface area contributed by atoms with Crippen LogP contribution < -0.4 is 10.1 Å². The Hall–Kier alpha value is -1.89. The Balaban J connectivity index is 1.78. The number of rotatable bonds is 6.